The van der Waals surface area contributed by atoms with E-state index in [4.69, 9.17) is 14.2 Å². The quantitative estimate of drug-likeness (QED) is 0.592. The normalized spacial score (nSPS) is 15.9. The van der Waals surface area contributed by atoms with Crippen LogP contribution in [-0.4, -0.2) is 27.4 Å². The van der Waals surface area contributed by atoms with E-state index < -0.39 is 5.54 Å². The van der Waals surface area contributed by atoms with Crippen LogP contribution in [0.5, 0.6) is 11.5 Å². The lowest BCUT2D eigenvalue weighted by Gasteiger charge is -2.38. The molecule has 5 nitrogen and oxygen atoms in total. The van der Waals surface area contributed by atoms with Crippen molar-refractivity contribution in [1.82, 2.24) is 0 Å². The molecule has 1 fully saturated rings. The van der Waals surface area contributed by atoms with Crippen LogP contribution in [0.2, 0.25) is 0 Å². The molecule has 108 valence electrons. The molecule has 2 rings (SSSR count). The Bertz CT molecular complexity index is 531. The van der Waals surface area contributed by atoms with Crippen molar-refractivity contribution in [2.75, 3.05) is 21.3 Å². The van der Waals surface area contributed by atoms with E-state index in [1.807, 2.05) is 12.1 Å². The summed E-state index contributed by atoms with van der Waals surface area (Å²) in [6.07, 6.45) is 4.36. The molecule has 0 atom stereocenters. The number of rotatable bonds is 6. The first-order valence-electron chi connectivity index (χ1n) is 6.54. The van der Waals surface area contributed by atoms with E-state index in [1.165, 1.54) is 0 Å². The summed E-state index contributed by atoms with van der Waals surface area (Å²) in [6, 6.07) is 3.85. The number of isocyanates is 1. The lowest BCUT2D eigenvalue weighted by Crippen LogP contribution is -2.32. The number of hydrogen-bond acceptors (Lipinski definition) is 5. The molecule has 0 bridgehead atoms. The first-order chi connectivity index (χ1) is 9.70. The summed E-state index contributed by atoms with van der Waals surface area (Å²) in [5.74, 6) is 1.26. The van der Waals surface area contributed by atoms with Gasteiger partial charge < -0.3 is 14.2 Å². The van der Waals surface area contributed by atoms with Gasteiger partial charge in [0.2, 0.25) is 6.08 Å². The van der Waals surface area contributed by atoms with Crippen LogP contribution in [0.15, 0.2) is 17.1 Å². The summed E-state index contributed by atoms with van der Waals surface area (Å²) in [6.45, 7) is 0.467. The van der Waals surface area contributed by atoms with Gasteiger partial charge in [-0.25, -0.2) is 4.79 Å². The van der Waals surface area contributed by atoms with E-state index >= 15 is 0 Å². The average molecular weight is 277 g/mol. The van der Waals surface area contributed by atoms with E-state index in [0.717, 1.165) is 30.4 Å². The van der Waals surface area contributed by atoms with Crippen molar-refractivity contribution in [3.63, 3.8) is 0 Å². The highest BCUT2D eigenvalue weighted by atomic mass is 16.5. The van der Waals surface area contributed by atoms with Crippen LogP contribution >= 0.6 is 0 Å². The monoisotopic (exact) mass is 277 g/mol. The van der Waals surface area contributed by atoms with Gasteiger partial charge in [-0.1, -0.05) is 0 Å². The number of benzene rings is 1. The van der Waals surface area contributed by atoms with Gasteiger partial charge in [0.1, 0.15) is 5.54 Å². The highest BCUT2D eigenvalue weighted by Gasteiger charge is 2.42. The van der Waals surface area contributed by atoms with Crippen LogP contribution in [-0.2, 0) is 21.7 Å². The van der Waals surface area contributed by atoms with Crippen LogP contribution in [0.3, 0.4) is 0 Å². The highest BCUT2D eigenvalue weighted by Crippen LogP contribution is 2.50. The summed E-state index contributed by atoms with van der Waals surface area (Å²) in [5, 5.41) is 0. The number of nitrogens with zero attached hydrogens (tertiary/aromatic N) is 1. The first kappa shape index (κ1) is 14.6. The van der Waals surface area contributed by atoms with Gasteiger partial charge in [-0.15, -0.1) is 0 Å². The van der Waals surface area contributed by atoms with Crippen LogP contribution in [0.4, 0.5) is 0 Å². The topological polar surface area (TPSA) is 57.1 Å². The Hall–Kier alpha value is -1.84. The molecule has 0 heterocycles. The maximum atomic E-state index is 10.8. The second-order valence-electron chi connectivity index (χ2n) is 4.90. The van der Waals surface area contributed by atoms with E-state index in [9.17, 15) is 4.79 Å². The molecule has 20 heavy (non-hydrogen) atoms. The molecule has 1 aliphatic carbocycles. The maximum absolute atomic E-state index is 10.8. The molecule has 0 amide bonds. The second-order valence-corrected chi connectivity index (χ2v) is 4.90. The van der Waals surface area contributed by atoms with Gasteiger partial charge in [-0.2, -0.15) is 4.99 Å². The number of methoxy groups -OCH3 is 3. The van der Waals surface area contributed by atoms with E-state index in [1.54, 1.807) is 27.4 Å². The molecule has 0 saturated heterocycles. The minimum absolute atomic E-state index is 0.467. The van der Waals surface area contributed by atoms with E-state index in [-0.39, 0.29) is 0 Å². The molecule has 0 aliphatic heterocycles. The summed E-state index contributed by atoms with van der Waals surface area (Å²) in [7, 11) is 4.82. The fourth-order valence-electron chi connectivity index (χ4n) is 2.66. The van der Waals surface area contributed by atoms with Crippen LogP contribution in [0.25, 0.3) is 0 Å². The summed E-state index contributed by atoms with van der Waals surface area (Å²) in [5.41, 5.74) is 1.32. The standard InChI is InChI=1S/C15H19NO4/c1-18-9-11-7-12(14(20-3)13(8-11)19-2)15(16-10-17)5-4-6-15/h7-8H,4-6,9H2,1-3H3. The number of aliphatic imine (C=N–C) groups is 1. The zero-order valence-electron chi connectivity index (χ0n) is 12.1. The molecule has 0 N–H and O–H groups in total. The van der Waals surface area contributed by atoms with Crippen LogP contribution in [0.1, 0.15) is 30.4 Å². The Morgan fingerprint density at radius 1 is 1.25 bits per heavy atom. The predicted octanol–water partition coefficient (Wildman–Crippen LogP) is 2.57. The molecule has 1 aromatic rings. The predicted molar refractivity (Wildman–Crippen MR) is 73.9 cm³/mol. The van der Waals surface area contributed by atoms with Crippen LogP contribution < -0.4 is 9.47 Å². The maximum Gasteiger partial charge on any atom is 0.235 e. The fraction of sp³-hybridized carbons (Fsp3) is 0.533. The Labute approximate surface area is 118 Å². The van der Waals surface area contributed by atoms with E-state index in [0.29, 0.717) is 18.1 Å². The van der Waals surface area contributed by atoms with Crippen molar-refractivity contribution in [2.24, 2.45) is 4.99 Å². The molecule has 1 saturated carbocycles. The Kier molecular flexibility index (Phi) is 4.42. The smallest absolute Gasteiger partial charge is 0.235 e. The van der Waals surface area contributed by atoms with Crippen molar-refractivity contribution in [2.45, 2.75) is 31.4 Å². The van der Waals surface area contributed by atoms with Crippen molar-refractivity contribution in [1.29, 1.82) is 0 Å². The number of hydrogen-bond donors (Lipinski definition) is 0. The SMILES string of the molecule is COCc1cc(OC)c(OC)c(C2(N=C=O)CCC2)c1. The molecular weight excluding hydrogens is 258 g/mol. The zero-order valence-corrected chi connectivity index (χ0v) is 12.1. The molecule has 1 aliphatic rings. The molecular formula is C15H19NO4. The summed E-state index contributed by atoms with van der Waals surface area (Å²) < 4.78 is 16.0. The van der Waals surface area contributed by atoms with Crippen molar-refractivity contribution < 1.29 is 19.0 Å². The highest BCUT2D eigenvalue weighted by molar-refractivity contribution is 5.54. The third-order valence-electron chi connectivity index (χ3n) is 3.79. The molecule has 0 spiro atoms. The van der Waals surface area contributed by atoms with Crippen molar-refractivity contribution in [3.05, 3.63) is 23.3 Å². The number of carbonyl (C=O) groups excluding carboxylic acids is 1. The van der Waals surface area contributed by atoms with Gasteiger partial charge in [0.15, 0.2) is 11.5 Å². The van der Waals surface area contributed by atoms with Gasteiger partial charge in [0, 0.05) is 12.7 Å². The summed E-state index contributed by atoms with van der Waals surface area (Å²) in [4.78, 5) is 14.8. The molecule has 0 unspecified atom stereocenters. The fourth-order valence-corrected chi connectivity index (χ4v) is 2.66. The van der Waals surface area contributed by atoms with Gasteiger partial charge in [-0.3, -0.25) is 0 Å². The molecule has 1 aromatic carbocycles. The third kappa shape index (κ3) is 2.42. The van der Waals surface area contributed by atoms with Crippen LogP contribution in [0, 0.1) is 0 Å². The largest absolute Gasteiger partial charge is 0.493 e. The second kappa shape index (κ2) is 6.07. The molecule has 5 heteroatoms. The minimum Gasteiger partial charge on any atom is -0.493 e. The average Bonchev–Trinajstić information content (AvgIpc) is 2.42. The molecule has 0 radical (unpaired) electrons. The minimum atomic E-state index is -0.524. The van der Waals surface area contributed by atoms with Gasteiger partial charge in [0.25, 0.3) is 0 Å². The Morgan fingerprint density at radius 3 is 2.45 bits per heavy atom. The van der Waals surface area contributed by atoms with Gasteiger partial charge in [0.05, 0.1) is 20.8 Å². The lowest BCUT2D eigenvalue weighted by atomic mass is 9.71. The molecule has 0 aromatic heterocycles. The van der Waals surface area contributed by atoms with Gasteiger partial charge >= 0.3 is 0 Å². The first-order valence-corrected chi connectivity index (χ1v) is 6.54. The van der Waals surface area contributed by atoms with E-state index in [2.05, 4.69) is 4.99 Å². The van der Waals surface area contributed by atoms with Crippen molar-refractivity contribution in [3.8, 4) is 11.5 Å². The Balaban J connectivity index is 2.59. The number of ether oxygens (including phenoxy) is 3. The zero-order chi connectivity index (χ0) is 14.6. The third-order valence-corrected chi connectivity index (χ3v) is 3.79. The lowest BCUT2D eigenvalue weighted by molar-refractivity contribution is 0.183. The summed E-state index contributed by atoms with van der Waals surface area (Å²) >= 11 is 0. The van der Waals surface area contributed by atoms with Crippen molar-refractivity contribution >= 4 is 6.08 Å². The van der Waals surface area contributed by atoms with Gasteiger partial charge in [-0.05, 0) is 37.0 Å². The Morgan fingerprint density at radius 2 is 2.00 bits per heavy atom.